The number of likely N-dealkylation sites (tertiary alicyclic amines) is 1. The summed E-state index contributed by atoms with van der Waals surface area (Å²) in [7, 11) is 1.76. The highest BCUT2D eigenvalue weighted by Crippen LogP contribution is 2.28. The van der Waals surface area contributed by atoms with Gasteiger partial charge in [0.1, 0.15) is 0 Å². The van der Waals surface area contributed by atoms with Gasteiger partial charge in [-0.1, -0.05) is 24.4 Å². The van der Waals surface area contributed by atoms with Gasteiger partial charge in [0.05, 0.1) is 5.02 Å². The van der Waals surface area contributed by atoms with E-state index in [-0.39, 0.29) is 5.91 Å². The normalized spacial score (nSPS) is 23.8. The average Bonchev–Trinajstić information content (AvgIpc) is 3.15. The number of halogens is 1. The van der Waals surface area contributed by atoms with Crippen LogP contribution in [0.5, 0.6) is 0 Å². The van der Waals surface area contributed by atoms with Gasteiger partial charge in [-0.15, -0.1) is 0 Å². The molecule has 0 unspecified atom stereocenters. The van der Waals surface area contributed by atoms with Gasteiger partial charge in [0, 0.05) is 32.4 Å². The molecule has 3 rings (SSSR count). The maximum Gasteiger partial charge on any atom is 0.273 e. The lowest BCUT2D eigenvalue weighted by Crippen LogP contribution is -2.34. The molecule has 21 heavy (non-hydrogen) atoms. The third-order valence-electron chi connectivity index (χ3n) is 4.71. The van der Waals surface area contributed by atoms with E-state index in [1.807, 2.05) is 0 Å². The summed E-state index contributed by atoms with van der Waals surface area (Å²) in [6.45, 7) is 3.01. The van der Waals surface area contributed by atoms with Crippen LogP contribution in [0.4, 0.5) is 0 Å². The van der Waals surface area contributed by atoms with Crippen LogP contribution in [-0.4, -0.2) is 46.3 Å². The van der Waals surface area contributed by atoms with Gasteiger partial charge in [-0.25, -0.2) is 0 Å². The molecule has 1 aromatic rings. The van der Waals surface area contributed by atoms with Gasteiger partial charge in [0.2, 0.25) is 0 Å². The number of amides is 1. The molecule has 2 aliphatic rings. The lowest BCUT2D eigenvalue weighted by molar-refractivity contribution is 0.0941. The molecule has 2 heterocycles. The second kappa shape index (κ2) is 6.36. The Morgan fingerprint density at radius 3 is 2.86 bits per heavy atom. The predicted molar refractivity (Wildman–Crippen MR) is 82.5 cm³/mol. The van der Waals surface area contributed by atoms with Crippen molar-refractivity contribution >= 4 is 17.5 Å². The van der Waals surface area contributed by atoms with Crippen LogP contribution in [0.1, 0.15) is 42.6 Å². The highest BCUT2D eigenvalue weighted by molar-refractivity contribution is 6.33. The topological polar surface area (TPSA) is 50.2 Å². The van der Waals surface area contributed by atoms with Crippen LogP contribution in [0, 0.1) is 5.92 Å². The van der Waals surface area contributed by atoms with E-state index in [0.717, 1.165) is 19.1 Å². The molecule has 1 aliphatic heterocycles. The standard InChI is InChI=1S/C15H23ClN4O/c1-19-10-13(16)14(18-19)15(21)17-8-11-6-7-20(9-11)12-4-2-3-5-12/h10-12H,2-9H2,1H3,(H,17,21)/t11-/m0/s1. The van der Waals surface area contributed by atoms with E-state index >= 15 is 0 Å². The number of rotatable bonds is 4. The number of carbonyl (C=O) groups excluding carboxylic acids is 1. The largest absolute Gasteiger partial charge is 0.350 e. The van der Waals surface area contributed by atoms with Gasteiger partial charge >= 0.3 is 0 Å². The Hall–Kier alpha value is -1.07. The lowest BCUT2D eigenvalue weighted by atomic mass is 10.1. The molecule has 0 radical (unpaired) electrons. The van der Waals surface area contributed by atoms with Crippen molar-refractivity contribution in [3.05, 3.63) is 16.9 Å². The summed E-state index contributed by atoms with van der Waals surface area (Å²) >= 11 is 5.99. The van der Waals surface area contributed by atoms with Crippen molar-refractivity contribution in [1.82, 2.24) is 20.0 Å². The molecule has 1 amide bonds. The maximum absolute atomic E-state index is 12.1. The summed E-state index contributed by atoms with van der Waals surface area (Å²) in [6, 6.07) is 0.788. The van der Waals surface area contributed by atoms with Crippen LogP contribution >= 0.6 is 11.6 Å². The SMILES string of the molecule is Cn1cc(Cl)c(C(=O)NC[C@@H]2CCN(C3CCCC3)C2)n1. The van der Waals surface area contributed by atoms with Gasteiger partial charge in [-0.2, -0.15) is 5.10 Å². The Balaban J connectivity index is 1.47. The fourth-order valence-electron chi connectivity index (χ4n) is 3.56. The zero-order chi connectivity index (χ0) is 14.8. The van der Waals surface area contributed by atoms with Gasteiger partial charge in [0.25, 0.3) is 5.91 Å². The van der Waals surface area contributed by atoms with Crippen molar-refractivity contribution in [2.24, 2.45) is 13.0 Å². The summed E-state index contributed by atoms with van der Waals surface area (Å²) in [5, 5.41) is 7.49. The minimum atomic E-state index is -0.167. The van der Waals surface area contributed by atoms with Gasteiger partial charge in [-0.3, -0.25) is 9.48 Å². The molecule has 1 saturated carbocycles. The van der Waals surface area contributed by atoms with E-state index in [2.05, 4.69) is 15.3 Å². The number of hydrogen-bond acceptors (Lipinski definition) is 3. The first kappa shape index (κ1) is 14.9. The van der Waals surface area contributed by atoms with Crippen molar-refractivity contribution in [2.75, 3.05) is 19.6 Å². The molecule has 1 aliphatic carbocycles. The predicted octanol–water partition coefficient (Wildman–Crippen LogP) is 2.07. The quantitative estimate of drug-likeness (QED) is 0.926. The third-order valence-corrected chi connectivity index (χ3v) is 4.99. The van der Waals surface area contributed by atoms with Crippen molar-refractivity contribution < 1.29 is 4.79 Å². The van der Waals surface area contributed by atoms with E-state index < -0.39 is 0 Å². The number of nitrogens with one attached hydrogen (secondary N) is 1. The number of hydrogen-bond donors (Lipinski definition) is 1. The van der Waals surface area contributed by atoms with Gasteiger partial charge in [0.15, 0.2) is 5.69 Å². The molecule has 1 N–H and O–H groups in total. The van der Waals surface area contributed by atoms with E-state index in [4.69, 9.17) is 11.6 Å². The van der Waals surface area contributed by atoms with Crippen molar-refractivity contribution in [2.45, 2.75) is 38.1 Å². The smallest absolute Gasteiger partial charge is 0.273 e. The Kier molecular flexibility index (Phi) is 4.50. The van der Waals surface area contributed by atoms with Crippen molar-refractivity contribution in [3.8, 4) is 0 Å². The molecule has 1 aromatic heterocycles. The third kappa shape index (κ3) is 3.40. The molecular formula is C15H23ClN4O. The molecule has 0 spiro atoms. The minimum absolute atomic E-state index is 0.167. The number of carbonyl (C=O) groups is 1. The fourth-order valence-corrected chi connectivity index (χ4v) is 3.83. The Labute approximate surface area is 130 Å². The summed E-state index contributed by atoms with van der Waals surface area (Å²) < 4.78 is 1.56. The van der Waals surface area contributed by atoms with E-state index in [1.165, 1.54) is 38.6 Å². The lowest BCUT2D eigenvalue weighted by Gasteiger charge is -2.23. The van der Waals surface area contributed by atoms with Crippen LogP contribution in [0.2, 0.25) is 5.02 Å². The van der Waals surface area contributed by atoms with E-state index in [0.29, 0.717) is 16.6 Å². The number of nitrogens with zero attached hydrogens (tertiary/aromatic N) is 3. The summed E-state index contributed by atoms with van der Waals surface area (Å²) in [4.78, 5) is 14.7. The highest BCUT2D eigenvalue weighted by atomic mass is 35.5. The molecular weight excluding hydrogens is 288 g/mol. The Morgan fingerprint density at radius 1 is 1.43 bits per heavy atom. The summed E-state index contributed by atoms with van der Waals surface area (Å²) in [6.07, 6.45) is 8.27. The zero-order valence-electron chi connectivity index (χ0n) is 12.5. The van der Waals surface area contributed by atoms with Crippen LogP contribution < -0.4 is 5.32 Å². The van der Waals surface area contributed by atoms with Gasteiger partial charge < -0.3 is 10.2 Å². The number of aryl methyl sites for hydroxylation is 1. The molecule has 116 valence electrons. The van der Waals surface area contributed by atoms with Crippen molar-refractivity contribution in [1.29, 1.82) is 0 Å². The highest BCUT2D eigenvalue weighted by Gasteiger charge is 2.30. The fraction of sp³-hybridized carbons (Fsp3) is 0.733. The van der Waals surface area contributed by atoms with E-state index in [1.54, 1.807) is 17.9 Å². The first-order chi connectivity index (χ1) is 10.1. The molecule has 0 bridgehead atoms. The van der Waals surface area contributed by atoms with Crippen LogP contribution in [-0.2, 0) is 7.05 Å². The zero-order valence-corrected chi connectivity index (χ0v) is 13.3. The molecule has 1 saturated heterocycles. The molecule has 5 nitrogen and oxygen atoms in total. The molecule has 2 fully saturated rings. The van der Waals surface area contributed by atoms with Crippen molar-refractivity contribution in [3.63, 3.8) is 0 Å². The molecule has 0 aromatic carbocycles. The second-order valence-electron chi connectivity index (χ2n) is 6.30. The van der Waals surface area contributed by atoms with Crippen LogP contribution in [0.3, 0.4) is 0 Å². The monoisotopic (exact) mass is 310 g/mol. The van der Waals surface area contributed by atoms with Crippen LogP contribution in [0.15, 0.2) is 6.20 Å². The van der Waals surface area contributed by atoms with E-state index in [9.17, 15) is 4.79 Å². The first-order valence-corrected chi connectivity index (χ1v) is 8.22. The summed E-state index contributed by atoms with van der Waals surface area (Å²) in [5.41, 5.74) is 0.324. The number of aromatic nitrogens is 2. The summed E-state index contributed by atoms with van der Waals surface area (Å²) in [5.74, 6) is 0.386. The molecule has 6 heteroatoms. The Morgan fingerprint density at radius 2 is 2.19 bits per heavy atom. The van der Waals surface area contributed by atoms with Crippen LogP contribution in [0.25, 0.3) is 0 Å². The first-order valence-electron chi connectivity index (χ1n) is 7.85. The maximum atomic E-state index is 12.1. The Bertz CT molecular complexity index is 510. The average molecular weight is 311 g/mol. The molecule has 1 atom stereocenters. The second-order valence-corrected chi connectivity index (χ2v) is 6.70. The van der Waals surface area contributed by atoms with Gasteiger partial charge in [-0.05, 0) is 31.7 Å². The minimum Gasteiger partial charge on any atom is -0.350 e.